The van der Waals surface area contributed by atoms with Crippen LogP contribution in [0.5, 0.6) is 0 Å². The fourth-order valence-corrected chi connectivity index (χ4v) is 4.81. The second-order valence-corrected chi connectivity index (χ2v) is 11.2. The summed E-state index contributed by atoms with van der Waals surface area (Å²) in [5.74, 6) is -5.11. The summed E-state index contributed by atoms with van der Waals surface area (Å²) in [5, 5.41) is 51.4. The summed E-state index contributed by atoms with van der Waals surface area (Å²) in [4.78, 5) is 57.8. The minimum absolute atomic E-state index is 0.0812. The summed E-state index contributed by atoms with van der Waals surface area (Å²) in [5.41, 5.74) is 5.43. The first kappa shape index (κ1) is 40.5. The van der Waals surface area contributed by atoms with Crippen molar-refractivity contribution in [3.63, 3.8) is 0 Å². The van der Waals surface area contributed by atoms with E-state index < -0.39 is 65.8 Å². The SMILES string of the molecule is CCCCCC(O)C=CC=C/C=C/C=C/C(SCC(NC(=O)CCC(N)C(=O)O)C(=O)NCC(=O)O)C(O)CCCC(=O)O. The molecule has 2 amide bonds. The van der Waals surface area contributed by atoms with E-state index in [9.17, 15) is 34.2 Å². The number of amides is 2. The van der Waals surface area contributed by atoms with Gasteiger partial charge in [-0.2, -0.15) is 0 Å². The number of nitrogens with one attached hydrogen (secondary N) is 2. The molecule has 44 heavy (non-hydrogen) atoms. The summed E-state index contributed by atoms with van der Waals surface area (Å²) in [6.45, 7) is 1.41. The summed E-state index contributed by atoms with van der Waals surface area (Å²) < 4.78 is 0. The first-order valence-electron chi connectivity index (χ1n) is 14.5. The van der Waals surface area contributed by atoms with Crippen molar-refractivity contribution >= 4 is 41.5 Å². The van der Waals surface area contributed by atoms with E-state index >= 15 is 0 Å². The molecule has 5 atom stereocenters. The lowest BCUT2D eigenvalue weighted by atomic mass is 10.1. The minimum Gasteiger partial charge on any atom is -0.481 e. The van der Waals surface area contributed by atoms with Crippen molar-refractivity contribution in [3.8, 4) is 0 Å². The number of carboxylic acid groups (broad SMARTS) is 3. The Kier molecular flexibility index (Phi) is 23.0. The Hall–Kier alpha value is -3.46. The smallest absolute Gasteiger partial charge is 0.322 e. The molecule has 13 nitrogen and oxygen atoms in total. The highest BCUT2D eigenvalue weighted by Crippen LogP contribution is 2.22. The average Bonchev–Trinajstić information content (AvgIpc) is 2.96. The average molecular weight is 642 g/mol. The third-order valence-electron chi connectivity index (χ3n) is 6.08. The number of hydrogen-bond acceptors (Lipinski definition) is 9. The van der Waals surface area contributed by atoms with Gasteiger partial charge in [0.25, 0.3) is 0 Å². The maximum atomic E-state index is 12.6. The van der Waals surface area contributed by atoms with Gasteiger partial charge in [0.1, 0.15) is 18.6 Å². The summed E-state index contributed by atoms with van der Waals surface area (Å²) in [6.07, 6.45) is 15.8. The van der Waals surface area contributed by atoms with Gasteiger partial charge in [-0.05, 0) is 25.7 Å². The van der Waals surface area contributed by atoms with Crippen LogP contribution in [0.2, 0.25) is 0 Å². The second-order valence-electron chi connectivity index (χ2n) is 9.97. The Labute approximate surface area is 262 Å². The minimum atomic E-state index is -1.29. The van der Waals surface area contributed by atoms with Gasteiger partial charge in [0.15, 0.2) is 0 Å². The van der Waals surface area contributed by atoms with Gasteiger partial charge in [0.05, 0.1) is 12.2 Å². The molecule has 5 unspecified atom stereocenters. The van der Waals surface area contributed by atoms with Gasteiger partial charge in [-0.25, -0.2) is 0 Å². The Morgan fingerprint density at radius 2 is 1.43 bits per heavy atom. The molecule has 0 spiro atoms. The number of thioether (sulfide) groups is 1. The monoisotopic (exact) mass is 641 g/mol. The van der Waals surface area contributed by atoms with Crippen molar-refractivity contribution in [2.24, 2.45) is 5.73 Å². The molecule has 248 valence electrons. The third kappa shape index (κ3) is 22.1. The molecule has 0 aromatic heterocycles. The van der Waals surface area contributed by atoms with E-state index in [1.165, 1.54) is 0 Å². The molecule has 0 aromatic rings. The van der Waals surface area contributed by atoms with E-state index in [1.54, 1.807) is 48.6 Å². The Balaban J connectivity index is 5.45. The molecule has 9 N–H and O–H groups in total. The van der Waals surface area contributed by atoms with Gasteiger partial charge in [-0.15, -0.1) is 11.8 Å². The van der Waals surface area contributed by atoms with Crippen LogP contribution < -0.4 is 16.4 Å². The van der Waals surface area contributed by atoms with E-state index in [-0.39, 0.29) is 37.9 Å². The van der Waals surface area contributed by atoms with Gasteiger partial charge in [0.2, 0.25) is 11.8 Å². The summed E-state index contributed by atoms with van der Waals surface area (Å²) >= 11 is 1.10. The number of allylic oxidation sites excluding steroid dienone is 6. The molecule has 0 aliphatic carbocycles. The highest BCUT2D eigenvalue weighted by molar-refractivity contribution is 8.00. The molecule has 0 aliphatic heterocycles. The maximum absolute atomic E-state index is 12.6. The lowest BCUT2D eigenvalue weighted by Crippen LogP contribution is -2.50. The zero-order valence-corrected chi connectivity index (χ0v) is 25.9. The lowest BCUT2D eigenvalue weighted by molar-refractivity contribution is -0.139. The fourth-order valence-electron chi connectivity index (χ4n) is 3.60. The van der Waals surface area contributed by atoms with E-state index in [2.05, 4.69) is 17.6 Å². The number of unbranched alkanes of at least 4 members (excludes halogenated alkanes) is 2. The van der Waals surface area contributed by atoms with Gasteiger partial charge >= 0.3 is 17.9 Å². The zero-order valence-electron chi connectivity index (χ0n) is 25.0. The Bertz CT molecular complexity index is 1020. The molecule has 0 saturated carbocycles. The number of nitrogens with two attached hydrogens (primary N) is 1. The van der Waals surface area contributed by atoms with Crippen LogP contribution in [0.4, 0.5) is 0 Å². The standard InChI is InChI=1S/C30H47N3O10S/c1-2-3-8-12-21(34)13-9-6-4-5-7-10-15-25(24(35)14-11-16-27(37)38)44-20-23(29(41)32-19-28(39)40)33-26(36)18-17-22(31)30(42)43/h4-7,9-10,13,15,21-25,34-35H,2-3,8,11-12,14,16-20,31H2,1H3,(H,32,41)(H,33,36)(H,37,38)(H,39,40)(H,42,43)/b6-4?,7-5+,13-9?,15-10+. The highest BCUT2D eigenvalue weighted by atomic mass is 32.2. The first-order chi connectivity index (χ1) is 20.9. The lowest BCUT2D eigenvalue weighted by Gasteiger charge is -2.23. The van der Waals surface area contributed by atoms with Crippen LogP contribution in [0, 0.1) is 0 Å². The van der Waals surface area contributed by atoms with Gasteiger partial charge in [-0.1, -0.05) is 74.8 Å². The second kappa shape index (κ2) is 24.9. The quantitative estimate of drug-likeness (QED) is 0.0526. The van der Waals surface area contributed by atoms with Crippen LogP contribution in [0.25, 0.3) is 0 Å². The summed E-state index contributed by atoms with van der Waals surface area (Å²) in [6, 6.07) is -2.48. The van der Waals surface area contributed by atoms with Crippen LogP contribution in [0.1, 0.15) is 64.7 Å². The molecule has 0 saturated heterocycles. The van der Waals surface area contributed by atoms with Crippen LogP contribution in [0.15, 0.2) is 48.6 Å². The van der Waals surface area contributed by atoms with Crippen molar-refractivity contribution in [2.75, 3.05) is 12.3 Å². The molecule has 0 bridgehead atoms. The van der Waals surface area contributed by atoms with Gasteiger partial charge in [-0.3, -0.25) is 24.0 Å². The van der Waals surface area contributed by atoms with Crippen molar-refractivity contribution in [2.45, 2.75) is 94.3 Å². The molecular weight excluding hydrogens is 594 g/mol. The third-order valence-corrected chi connectivity index (χ3v) is 7.47. The fraction of sp³-hybridized carbons (Fsp3) is 0.567. The number of aliphatic hydroxyl groups is 2. The molecular formula is C30H47N3O10S. The van der Waals surface area contributed by atoms with Crippen molar-refractivity contribution in [3.05, 3.63) is 48.6 Å². The number of rotatable bonds is 25. The van der Waals surface area contributed by atoms with Crippen molar-refractivity contribution in [1.29, 1.82) is 0 Å². The number of carbonyl (C=O) groups is 5. The Morgan fingerprint density at radius 1 is 0.795 bits per heavy atom. The van der Waals surface area contributed by atoms with Crippen LogP contribution in [-0.2, 0) is 24.0 Å². The molecule has 0 fully saturated rings. The first-order valence-corrected chi connectivity index (χ1v) is 15.6. The number of aliphatic carboxylic acids is 3. The van der Waals surface area contributed by atoms with E-state index in [1.807, 2.05) is 0 Å². The highest BCUT2D eigenvalue weighted by Gasteiger charge is 2.25. The molecule has 0 radical (unpaired) electrons. The molecule has 0 heterocycles. The molecule has 0 rings (SSSR count). The van der Waals surface area contributed by atoms with Crippen LogP contribution >= 0.6 is 11.8 Å². The zero-order chi connectivity index (χ0) is 33.3. The van der Waals surface area contributed by atoms with Crippen LogP contribution in [-0.4, -0.2) is 97.1 Å². The predicted octanol–water partition coefficient (Wildman–Crippen LogP) is 1.75. The van der Waals surface area contributed by atoms with Gasteiger partial charge in [0, 0.05) is 23.8 Å². The van der Waals surface area contributed by atoms with Crippen molar-refractivity contribution < 1.29 is 49.5 Å². The number of hydrogen-bond donors (Lipinski definition) is 8. The number of carbonyl (C=O) groups excluding carboxylic acids is 2. The normalized spacial score (nSPS) is 15.4. The van der Waals surface area contributed by atoms with Crippen LogP contribution in [0.3, 0.4) is 0 Å². The number of aliphatic hydroxyl groups excluding tert-OH is 2. The Morgan fingerprint density at radius 3 is 2.02 bits per heavy atom. The number of carboxylic acids is 3. The van der Waals surface area contributed by atoms with E-state index in [0.29, 0.717) is 6.42 Å². The summed E-state index contributed by atoms with van der Waals surface area (Å²) in [7, 11) is 0. The maximum Gasteiger partial charge on any atom is 0.322 e. The molecule has 0 aromatic carbocycles. The van der Waals surface area contributed by atoms with Gasteiger partial charge < -0.3 is 41.9 Å². The topological polar surface area (TPSA) is 237 Å². The largest absolute Gasteiger partial charge is 0.481 e. The molecule has 14 heteroatoms. The van der Waals surface area contributed by atoms with E-state index in [4.69, 9.17) is 21.1 Å². The van der Waals surface area contributed by atoms with E-state index in [0.717, 1.165) is 31.0 Å². The predicted molar refractivity (Wildman–Crippen MR) is 168 cm³/mol. The molecule has 0 aliphatic rings. The van der Waals surface area contributed by atoms with Crippen molar-refractivity contribution in [1.82, 2.24) is 10.6 Å².